The van der Waals surface area contributed by atoms with Crippen LogP contribution in [0.25, 0.3) is 0 Å². The van der Waals surface area contributed by atoms with Crippen LogP contribution >= 0.6 is 11.3 Å². The molecular formula is C14H21NOS. The minimum atomic E-state index is 0.277. The molecule has 0 spiro atoms. The summed E-state index contributed by atoms with van der Waals surface area (Å²) in [4.78, 5) is 15.3. The van der Waals surface area contributed by atoms with E-state index in [1.54, 1.807) is 11.3 Å². The van der Waals surface area contributed by atoms with Crippen molar-refractivity contribution in [3.05, 3.63) is 22.4 Å². The van der Waals surface area contributed by atoms with Gasteiger partial charge >= 0.3 is 0 Å². The maximum absolute atomic E-state index is 12.2. The molecule has 0 unspecified atom stereocenters. The van der Waals surface area contributed by atoms with Crippen LogP contribution < -0.4 is 0 Å². The Morgan fingerprint density at radius 1 is 1.35 bits per heavy atom. The molecule has 94 valence electrons. The van der Waals surface area contributed by atoms with Gasteiger partial charge in [-0.15, -0.1) is 11.3 Å². The predicted octanol–water partition coefficient (Wildman–Crippen LogP) is 3.47. The molecule has 1 aliphatic rings. The third-order valence-electron chi connectivity index (χ3n) is 3.67. The van der Waals surface area contributed by atoms with Crippen molar-refractivity contribution in [3.63, 3.8) is 0 Å². The summed E-state index contributed by atoms with van der Waals surface area (Å²) in [7, 11) is 1.98. The predicted molar refractivity (Wildman–Crippen MR) is 72.3 cm³/mol. The van der Waals surface area contributed by atoms with Crippen molar-refractivity contribution >= 4 is 17.2 Å². The lowest BCUT2D eigenvalue weighted by atomic mass is 10.1. The van der Waals surface area contributed by atoms with Crippen molar-refractivity contribution in [3.8, 4) is 0 Å². The van der Waals surface area contributed by atoms with Crippen LogP contribution in [0.2, 0.25) is 0 Å². The van der Waals surface area contributed by atoms with Crippen LogP contribution in [0.1, 0.15) is 43.4 Å². The third-order valence-corrected chi connectivity index (χ3v) is 4.55. The minimum Gasteiger partial charge on any atom is -0.342 e. The monoisotopic (exact) mass is 251 g/mol. The largest absolute Gasteiger partial charge is 0.342 e. The summed E-state index contributed by atoms with van der Waals surface area (Å²) in [6, 6.07) is 4.53. The Balaban J connectivity index is 1.89. The van der Waals surface area contributed by atoms with Crippen LogP contribution in [0.3, 0.4) is 0 Å². The summed E-state index contributed by atoms with van der Waals surface area (Å²) in [6.45, 7) is 0. The molecule has 0 saturated heterocycles. The number of thiophene rings is 1. The molecule has 17 heavy (non-hydrogen) atoms. The smallest absolute Gasteiger partial charge is 0.227 e. The van der Waals surface area contributed by atoms with E-state index in [0.29, 0.717) is 12.5 Å². The molecule has 1 saturated carbocycles. The number of hydrogen-bond acceptors (Lipinski definition) is 2. The fourth-order valence-corrected chi connectivity index (χ4v) is 3.23. The first-order chi connectivity index (χ1) is 8.27. The van der Waals surface area contributed by atoms with Crippen molar-refractivity contribution in [2.45, 2.75) is 51.0 Å². The molecular weight excluding hydrogens is 230 g/mol. The summed E-state index contributed by atoms with van der Waals surface area (Å²) in [5, 5.41) is 2.04. The van der Waals surface area contributed by atoms with Gasteiger partial charge in [-0.25, -0.2) is 0 Å². The van der Waals surface area contributed by atoms with E-state index < -0.39 is 0 Å². The third kappa shape index (κ3) is 3.56. The Hall–Kier alpha value is -0.830. The molecule has 1 aromatic rings. The summed E-state index contributed by atoms with van der Waals surface area (Å²) in [5.74, 6) is 0.277. The lowest BCUT2D eigenvalue weighted by Crippen LogP contribution is -2.37. The highest BCUT2D eigenvalue weighted by Crippen LogP contribution is 2.22. The Bertz CT molecular complexity index is 339. The molecule has 0 bridgehead atoms. The van der Waals surface area contributed by atoms with E-state index in [4.69, 9.17) is 0 Å². The molecule has 0 N–H and O–H groups in total. The molecule has 2 nitrogen and oxygen atoms in total. The number of likely N-dealkylation sites (N-methyl/N-ethyl adjacent to an activating group) is 1. The summed E-state index contributed by atoms with van der Waals surface area (Å²) in [5.41, 5.74) is 0. The molecule has 1 amide bonds. The van der Waals surface area contributed by atoms with Crippen LogP contribution in [-0.2, 0) is 11.2 Å². The zero-order chi connectivity index (χ0) is 12.1. The number of hydrogen-bond donors (Lipinski definition) is 0. The molecule has 1 aliphatic carbocycles. The van der Waals surface area contributed by atoms with Crippen LogP contribution in [0, 0.1) is 0 Å². The van der Waals surface area contributed by atoms with Crippen LogP contribution in [0.5, 0.6) is 0 Å². The van der Waals surface area contributed by atoms with Crippen molar-refractivity contribution in [1.82, 2.24) is 4.90 Å². The van der Waals surface area contributed by atoms with Gasteiger partial charge in [0.25, 0.3) is 0 Å². The highest BCUT2D eigenvalue weighted by Gasteiger charge is 2.21. The van der Waals surface area contributed by atoms with Gasteiger partial charge in [0, 0.05) is 18.0 Å². The second-order valence-electron chi connectivity index (χ2n) is 4.91. The fraction of sp³-hybridized carbons (Fsp3) is 0.643. The van der Waals surface area contributed by atoms with Gasteiger partial charge in [-0.05, 0) is 24.3 Å². The Labute approximate surface area is 108 Å². The number of amides is 1. The highest BCUT2D eigenvalue weighted by atomic mass is 32.1. The Morgan fingerprint density at radius 2 is 2.06 bits per heavy atom. The molecule has 3 heteroatoms. The molecule has 2 rings (SSSR count). The average Bonchev–Trinajstić information content (AvgIpc) is 2.68. The van der Waals surface area contributed by atoms with Crippen LogP contribution in [0.4, 0.5) is 0 Å². The summed E-state index contributed by atoms with van der Waals surface area (Å²) in [6.07, 6.45) is 8.18. The first-order valence-corrected chi connectivity index (χ1v) is 7.43. The summed E-state index contributed by atoms with van der Waals surface area (Å²) >= 11 is 1.67. The van der Waals surface area contributed by atoms with Crippen molar-refractivity contribution in [2.24, 2.45) is 0 Å². The van der Waals surface area contributed by atoms with Crippen LogP contribution in [0.15, 0.2) is 17.5 Å². The second kappa shape index (κ2) is 6.20. The number of carbonyl (C=O) groups excluding carboxylic acids is 1. The first kappa shape index (κ1) is 12.6. The number of carbonyl (C=O) groups is 1. The maximum Gasteiger partial charge on any atom is 0.227 e. The minimum absolute atomic E-state index is 0.277. The molecule has 1 heterocycles. The van der Waals surface area contributed by atoms with Crippen molar-refractivity contribution < 1.29 is 4.79 Å². The van der Waals surface area contributed by atoms with Crippen molar-refractivity contribution in [1.29, 1.82) is 0 Å². The SMILES string of the molecule is CN(C(=O)Cc1cccs1)C1CCCCCC1. The van der Waals surface area contributed by atoms with E-state index in [1.807, 2.05) is 29.5 Å². The fourth-order valence-electron chi connectivity index (χ4n) is 2.54. The van der Waals surface area contributed by atoms with Crippen molar-refractivity contribution in [2.75, 3.05) is 7.05 Å². The molecule has 1 aromatic heterocycles. The summed E-state index contributed by atoms with van der Waals surface area (Å²) < 4.78 is 0. The van der Waals surface area contributed by atoms with Gasteiger partial charge in [-0.3, -0.25) is 4.79 Å². The van der Waals surface area contributed by atoms with Gasteiger partial charge in [0.1, 0.15) is 0 Å². The van der Waals surface area contributed by atoms with E-state index in [9.17, 15) is 4.79 Å². The van der Waals surface area contributed by atoms with Crippen LogP contribution in [-0.4, -0.2) is 23.9 Å². The van der Waals surface area contributed by atoms with E-state index in [-0.39, 0.29) is 5.91 Å². The van der Waals surface area contributed by atoms with Gasteiger partial charge in [0.2, 0.25) is 5.91 Å². The number of nitrogens with zero attached hydrogens (tertiary/aromatic N) is 1. The average molecular weight is 251 g/mol. The zero-order valence-electron chi connectivity index (χ0n) is 10.5. The molecule has 0 atom stereocenters. The van der Waals surface area contributed by atoms with E-state index in [2.05, 4.69) is 0 Å². The molecule has 0 aromatic carbocycles. The molecule has 0 aliphatic heterocycles. The highest BCUT2D eigenvalue weighted by molar-refractivity contribution is 7.10. The lowest BCUT2D eigenvalue weighted by molar-refractivity contribution is -0.131. The molecule has 0 radical (unpaired) electrons. The normalized spacial score (nSPS) is 17.7. The van der Waals surface area contributed by atoms with Gasteiger partial charge in [-0.2, -0.15) is 0 Å². The van der Waals surface area contributed by atoms with Gasteiger partial charge < -0.3 is 4.90 Å². The first-order valence-electron chi connectivity index (χ1n) is 6.55. The topological polar surface area (TPSA) is 20.3 Å². The second-order valence-corrected chi connectivity index (χ2v) is 5.94. The quantitative estimate of drug-likeness (QED) is 0.753. The molecule has 1 fully saturated rings. The van der Waals surface area contributed by atoms with Gasteiger partial charge in [0.15, 0.2) is 0 Å². The van der Waals surface area contributed by atoms with E-state index in [0.717, 1.165) is 0 Å². The van der Waals surface area contributed by atoms with E-state index in [1.165, 1.54) is 43.4 Å². The maximum atomic E-state index is 12.2. The standard InChI is InChI=1S/C14H21NOS/c1-15(12-7-4-2-3-5-8-12)14(16)11-13-9-6-10-17-13/h6,9-10,12H,2-5,7-8,11H2,1H3. The Morgan fingerprint density at radius 3 is 2.65 bits per heavy atom. The lowest BCUT2D eigenvalue weighted by Gasteiger charge is -2.27. The Kier molecular flexibility index (Phi) is 4.60. The van der Waals surface area contributed by atoms with E-state index >= 15 is 0 Å². The number of rotatable bonds is 3. The van der Waals surface area contributed by atoms with Gasteiger partial charge in [-0.1, -0.05) is 31.7 Å². The zero-order valence-corrected chi connectivity index (χ0v) is 11.3. The van der Waals surface area contributed by atoms with Gasteiger partial charge in [0.05, 0.1) is 6.42 Å².